The van der Waals surface area contributed by atoms with E-state index in [1.807, 2.05) is 13.0 Å². The van der Waals surface area contributed by atoms with Crippen LogP contribution in [0.1, 0.15) is 43.0 Å². The molecular weight excluding hydrogens is 429 g/mol. The molecule has 1 amide bonds. The number of para-hydroxylation sites is 1. The fourth-order valence-electron chi connectivity index (χ4n) is 3.73. The van der Waals surface area contributed by atoms with Crippen molar-refractivity contribution in [1.82, 2.24) is 4.98 Å². The fourth-order valence-corrected chi connectivity index (χ4v) is 4.74. The Hall–Kier alpha value is -3.00. The van der Waals surface area contributed by atoms with Crippen LogP contribution in [0.25, 0.3) is 10.2 Å². The first-order chi connectivity index (χ1) is 15.5. The highest BCUT2D eigenvalue weighted by atomic mass is 32.1. The van der Waals surface area contributed by atoms with Gasteiger partial charge in [-0.1, -0.05) is 30.7 Å². The van der Waals surface area contributed by atoms with Gasteiger partial charge in [-0.05, 0) is 55.7 Å². The third-order valence-electron chi connectivity index (χ3n) is 5.54. The molecule has 32 heavy (non-hydrogen) atoms. The van der Waals surface area contributed by atoms with Gasteiger partial charge in [-0.25, -0.2) is 14.2 Å². The lowest BCUT2D eigenvalue weighted by molar-refractivity contribution is -0.120. The first-order valence-electron chi connectivity index (χ1n) is 10.9. The number of halogens is 1. The van der Waals surface area contributed by atoms with E-state index in [-0.39, 0.29) is 23.6 Å². The summed E-state index contributed by atoms with van der Waals surface area (Å²) >= 11 is 1.45. The predicted molar refractivity (Wildman–Crippen MR) is 125 cm³/mol. The molecule has 0 aliphatic carbocycles. The van der Waals surface area contributed by atoms with Crippen molar-refractivity contribution in [3.05, 3.63) is 53.8 Å². The summed E-state index contributed by atoms with van der Waals surface area (Å²) in [5.74, 6) is -0.944. The van der Waals surface area contributed by atoms with Crippen molar-refractivity contribution in [2.24, 2.45) is 5.92 Å². The van der Waals surface area contributed by atoms with Gasteiger partial charge >= 0.3 is 5.97 Å². The Morgan fingerprint density at radius 1 is 1.25 bits per heavy atom. The minimum Gasteiger partial charge on any atom is -0.462 e. The van der Waals surface area contributed by atoms with Crippen LogP contribution in [0.5, 0.6) is 0 Å². The topological polar surface area (TPSA) is 71.5 Å². The molecule has 1 atom stereocenters. The van der Waals surface area contributed by atoms with Crippen LogP contribution in [0.3, 0.4) is 0 Å². The van der Waals surface area contributed by atoms with Crippen LogP contribution >= 0.6 is 11.3 Å². The summed E-state index contributed by atoms with van der Waals surface area (Å²) in [5, 5.41) is 3.69. The molecule has 4 rings (SSSR count). The number of nitrogens with zero attached hydrogens (tertiary/aromatic N) is 2. The zero-order valence-electron chi connectivity index (χ0n) is 18.0. The zero-order chi connectivity index (χ0) is 22.5. The molecule has 1 unspecified atom stereocenters. The van der Waals surface area contributed by atoms with Crippen LogP contribution in [0.15, 0.2) is 42.5 Å². The van der Waals surface area contributed by atoms with E-state index < -0.39 is 0 Å². The number of anilines is 2. The fraction of sp³-hybridized carbons (Fsp3) is 0.375. The second-order valence-electron chi connectivity index (χ2n) is 7.92. The first-order valence-corrected chi connectivity index (χ1v) is 11.7. The minimum absolute atomic E-state index is 0.0692. The van der Waals surface area contributed by atoms with Crippen molar-refractivity contribution in [2.45, 2.75) is 32.6 Å². The van der Waals surface area contributed by atoms with E-state index in [4.69, 9.17) is 4.74 Å². The van der Waals surface area contributed by atoms with Crippen molar-refractivity contribution in [1.29, 1.82) is 0 Å². The highest BCUT2D eigenvalue weighted by Gasteiger charge is 2.28. The number of carbonyl (C=O) groups is 2. The molecule has 0 saturated carbocycles. The van der Waals surface area contributed by atoms with Gasteiger partial charge in [0, 0.05) is 18.8 Å². The molecule has 1 N–H and O–H groups in total. The number of ether oxygens (including phenoxy) is 1. The molecule has 1 fully saturated rings. The van der Waals surface area contributed by atoms with Crippen molar-refractivity contribution in [2.75, 3.05) is 29.9 Å². The monoisotopic (exact) mass is 455 g/mol. The van der Waals surface area contributed by atoms with Gasteiger partial charge in [0.2, 0.25) is 5.91 Å². The standard InChI is InChI=1S/C24H26FN3O3S/c1-2-3-14-31-23(30)16-9-11-18(12-10-16)26-22(29)17-6-5-13-28(15-17)24-27-21-19(25)7-4-8-20(21)32-24/h4,7-12,17H,2-3,5-6,13-15H2,1H3,(H,26,29). The number of piperidine rings is 1. The average Bonchev–Trinajstić information content (AvgIpc) is 3.26. The summed E-state index contributed by atoms with van der Waals surface area (Å²) in [6.07, 6.45) is 3.44. The molecular formula is C24H26FN3O3S. The van der Waals surface area contributed by atoms with Gasteiger partial charge < -0.3 is 15.0 Å². The lowest BCUT2D eigenvalue weighted by Gasteiger charge is -2.31. The molecule has 168 valence electrons. The zero-order valence-corrected chi connectivity index (χ0v) is 18.8. The average molecular weight is 456 g/mol. The molecule has 0 radical (unpaired) electrons. The maximum Gasteiger partial charge on any atom is 0.338 e. The third-order valence-corrected chi connectivity index (χ3v) is 6.62. The van der Waals surface area contributed by atoms with Crippen LogP contribution in [0.2, 0.25) is 0 Å². The number of hydrogen-bond acceptors (Lipinski definition) is 6. The van der Waals surface area contributed by atoms with E-state index in [1.54, 1.807) is 30.3 Å². The van der Waals surface area contributed by atoms with Crippen molar-refractivity contribution in [3.63, 3.8) is 0 Å². The molecule has 0 spiro atoms. The molecule has 2 aromatic carbocycles. The number of esters is 1. The molecule has 6 nitrogen and oxygen atoms in total. The highest BCUT2D eigenvalue weighted by molar-refractivity contribution is 7.22. The summed E-state index contributed by atoms with van der Waals surface area (Å²) in [6, 6.07) is 11.7. The van der Waals surface area contributed by atoms with Crippen molar-refractivity contribution < 1.29 is 18.7 Å². The predicted octanol–water partition coefficient (Wildman–Crippen LogP) is 5.25. The Labute approximate surface area is 190 Å². The van der Waals surface area contributed by atoms with Gasteiger partial charge in [0.15, 0.2) is 5.13 Å². The summed E-state index contributed by atoms with van der Waals surface area (Å²) in [7, 11) is 0. The maximum atomic E-state index is 14.0. The number of rotatable bonds is 7. The summed E-state index contributed by atoms with van der Waals surface area (Å²) in [4.78, 5) is 31.4. The number of aromatic nitrogens is 1. The van der Waals surface area contributed by atoms with E-state index in [9.17, 15) is 14.0 Å². The van der Waals surface area contributed by atoms with Gasteiger partial charge in [0.05, 0.1) is 22.8 Å². The molecule has 3 aromatic rings. The van der Waals surface area contributed by atoms with Crippen LogP contribution in [-0.2, 0) is 9.53 Å². The number of unbranched alkanes of at least 4 members (excludes halogenated alkanes) is 1. The van der Waals surface area contributed by atoms with Gasteiger partial charge in [-0.15, -0.1) is 0 Å². The second kappa shape index (κ2) is 10.1. The van der Waals surface area contributed by atoms with Gasteiger partial charge in [-0.2, -0.15) is 0 Å². The Balaban J connectivity index is 1.37. The molecule has 1 aliphatic heterocycles. The van der Waals surface area contributed by atoms with Crippen LogP contribution in [0.4, 0.5) is 15.2 Å². The number of thiazole rings is 1. The van der Waals surface area contributed by atoms with Crippen LogP contribution < -0.4 is 10.2 Å². The van der Waals surface area contributed by atoms with E-state index in [2.05, 4.69) is 15.2 Å². The van der Waals surface area contributed by atoms with Crippen molar-refractivity contribution in [3.8, 4) is 0 Å². The van der Waals surface area contributed by atoms with Crippen molar-refractivity contribution >= 4 is 44.2 Å². The number of amides is 1. The minimum atomic E-state index is -0.355. The van der Waals surface area contributed by atoms with Gasteiger partial charge in [0.25, 0.3) is 0 Å². The first kappa shape index (κ1) is 22.2. The molecule has 8 heteroatoms. The second-order valence-corrected chi connectivity index (χ2v) is 8.93. The highest BCUT2D eigenvalue weighted by Crippen LogP contribution is 2.32. The lowest BCUT2D eigenvalue weighted by atomic mass is 9.97. The Kier molecular flexibility index (Phi) is 6.99. The molecule has 1 saturated heterocycles. The number of hydrogen-bond donors (Lipinski definition) is 1. The van der Waals surface area contributed by atoms with E-state index >= 15 is 0 Å². The van der Waals surface area contributed by atoms with E-state index in [0.717, 1.165) is 42.1 Å². The van der Waals surface area contributed by atoms with Gasteiger partial charge in [-0.3, -0.25) is 4.79 Å². The van der Waals surface area contributed by atoms with Gasteiger partial charge in [0.1, 0.15) is 11.3 Å². The maximum absolute atomic E-state index is 14.0. The lowest BCUT2D eigenvalue weighted by Crippen LogP contribution is -2.40. The molecule has 1 aromatic heterocycles. The number of nitrogens with one attached hydrogen (secondary N) is 1. The van der Waals surface area contributed by atoms with Crippen LogP contribution in [-0.4, -0.2) is 36.6 Å². The Morgan fingerprint density at radius 3 is 2.81 bits per heavy atom. The Morgan fingerprint density at radius 2 is 2.06 bits per heavy atom. The number of benzene rings is 2. The quantitative estimate of drug-likeness (QED) is 0.389. The normalized spacial score (nSPS) is 16.2. The number of carbonyl (C=O) groups excluding carboxylic acids is 2. The molecule has 2 heterocycles. The Bertz CT molecular complexity index is 1100. The SMILES string of the molecule is CCCCOC(=O)c1ccc(NC(=O)C2CCCN(c3nc4c(F)cccc4s3)C2)cc1. The third kappa shape index (κ3) is 5.07. The largest absolute Gasteiger partial charge is 0.462 e. The summed E-state index contributed by atoms with van der Waals surface area (Å²) in [5.41, 5.74) is 1.48. The summed E-state index contributed by atoms with van der Waals surface area (Å²) < 4.78 is 20.0. The molecule has 1 aliphatic rings. The van der Waals surface area contributed by atoms with E-state index in [1.165, 1.54) is 17.4 Å². The molecule has 0 bridgehead atoms. The summed E-state index contributed by atoms with van der Waals surface area (Å²) in [6.45, 7) is 3.78. The van der Waals surface area contributed by atoms with E-state index in [0.29, 0.717) is 29.9 Å². The number of fused-ring (bicyclic) bond motifs is 1. The van der Waals surface area contributed by atoms with Crippen LogP contribution in [0, 0.1) is 11.7 Å². The smallest absolute Gasteiger partial charge is 0.338 e.